The highest BCUT2D eigenvalue weighted by molar-refractivity contribution is 5.23. The van der Waals surface area contributed by atoms with Crippen LogP contribution in [0.4, 0.5) is 13.2 Å². The summed E-state index contributed by atoms with van der Waals surface area (Å²) >= 11 is 0. The van der Waals surface area contributed by atoms with Crippen LogP contribution in [0.2, 0.25) is 0 Å². The van der Waals surface area contributed by atoms with E-state index in [-0.39, 0.29) is 11.6 Å². The number of nitrogens with one attached hydrogen (secondary N) is 1. The molecule has 0 spiro atoms. The summed E-state index contributed by atoms with van der Waals surface area (Å²) in [6, 6.07) is 5.95. The molecule has 112 valence electrons. The van der Waals surface area contributed by atoms with Gasteiger partial charge in [0.15, 0.2) is 0 Å². The van der Waals surface area contributed by atoms with Crippen LogP contribution in [0, 0.1) is 17.5 Å². The Kier molecular flexibility index (Phi) is 4.96. The molecule has 0 bridgehead atoms. The van der Waals surface area contributed by atoms with Crippen LogP contribution in [0.5, 0.6) is 0 Å². The average molecular weight is 294 g/mol. The third kappa shape index (κ3) is 3.61. The first kappa shape index (κ1) is 15.5. The molecule has 2 nitrogen and oxygen atoms in total. The lowest BCUT2D eigenvalue weighted by Crippen LogP contribution is -2.26. The fraction of sp³-hybridized carbons (Fsp3) is 0.312. The molecule has 0 fully saturated rings. The van der Waals surface area contributed by atoms with E-state index in [1.54, 1.807) is 13.0 Å². The van der Waals surface area contributed by atoms with Crippen molar-refractivity contribution in [2.45, 2.75) is 32.4 Å². The molecule has 2 aromatic rings. The number of hydrogen-bond donors (Lipinski definition) is 1. The number of benzene rings is 1. The second-order valence-electron chi connectivity index (χ2n) is 4.89. The van der Waals surface area contributed by atoms with Crippen molar-refractivity contribution in [2.75, 3.05) is 0 Å². The monoisotopic (exact) mass is 294 g/mol. The topological polar surface area (TPSA) is 24.9 Å². The summed E-state index contributed by atoms with van der Waals surface area (Å²) in [6.07, 6.45) is 1.80. The van der Waals surface area contributed by atoms with Gasteiger partial charge in [-0.2, -0.15) is 0 Å². The van der Waals surface area contributed by atoms with E-state index in [4.69, 9.17) is 0 Å². The van der Waals surface area contributed by atoms with E-state index in [0.717, 1.165) is 6.20 Å². The minimum absolute atomic E-state index is 0.00179. The Balaban J connectivity index is 2.20. The highest BCUT2D eigenvalue weighted by Gasteiger charge is 2.20. The summed E-state index contributed by atoms with van der Waals surface area (Å²) in [6.45, 7) is 3.61. The number of aromatic nitrogens is 1. The Morgan fingerprint density at radius 2 is 1.76 bits per heavy atom. The zero-order valence-electron chi connectivity index (χ0n) is 11.9. The van der Waals surface area contributed by atoms with Crippen molar-refractivity contribution in [1.29, 1.82) is 0 Å². The third-order valence-electron chi connectivity index (χ3n) is 3.40. The summed E-state index contributed by atoms with van der Waals surface area (Å²) in [5.74, 6) is -1.59. The Morgan fingerprint density at radius 1 is 1.10 bits per heavy atom. The maximum Gasteiger partial charge on any atom is 0.141 e. The van der Waals surface area contributed by atoms with Gasteiger partial charge in [0.25, 0.3) is 0 Å². The second kappa shape index (κ2) is 6.72. The van der Waals surface area contributed by atoms with Crippen LogP contribution in [-0.2, 0) is 0 Å². The van der Waals surface area contributed by atoms with Crippen molar-refractivity contribution in [3.63, 3.8) is 0 Å². The van der Waals surface area contributed by atoms with Gasteiger partial charge in [-0.25, -0.2) is 13.2 Å². The maximum atomic E-state index is 13.8. The van der Waals surface area contributed by atoms with Crippen LogP contribution in [0.1, 0.15) is 43.6 Å². The highest BCUT2D eigenvalue weighted by atomic mass is 19.1. The largest absolute Gasteiger partial charge is 0.302 e. The van der Waals surface area contributed by atoms with E-state index in [0.29, 0.717) is 12.1 Å². The van der Waals surface area contributed by atoms with Crippen molar-refractivity contribution in [1.82, 2.24) is 10.3 Å². The lowest BCUT2D eigenvalue weighted by atomic mass is 10.0. The quantitative estimate of drug-likeness (QED) is 0.889. The Bertz CT molecular complexity index is 579. The van der Waals surface area contributed by atoms with Crippen LogP contribution in [-0.4, -0.2) is 4.98 Å². The molecular formula is C16H17F3N2. The first-order chi connectivity index (χ1) is 10.0. The summed E-state index contributed by atoms with van der Waals surface area (Å²) in [7, 11) is 0. The van der Waals surface area contributed by atoms with Gasteiger partial charge in [-0.05, 0) is 37.6 Å². The molecule has 21 heavy (non-hydrogen) atoms. The van der Waals surface area contributed by atoms with Gasteiger partial charge in [0.1, 0.15) is 17.5 Å². The summed E-state index contributed by atoms with van der Waals surface area (Å²) < 4.78 is 40.4. The second-order valence-corrected chi connectivity index (χ2v) is 4.89. The van der Waals surface area contributed by atoms with E-state index in [9.17, 15) is 13.2 Å². The van der Waals surface area contributed by atoms with Crippen LogP contribution < -0.4 is 5.32 Å². The number of hydrogen-bond acceptors (Lipinski definition) is 2. The molecule has 1 aromatic carbocycles. The van der Waals surface area contributed by atoms with E-state index in [1.807, 2.05) is 6.92 Å². The number of halogens is 3. The fourth-order valence-electron chi connectivity index (χ4n) is 2.32. The van der Waals surface area contributed by atoms with Gasteiger partial charge in [-0.15, -0.1) is 0 Å². The minimum atomic E-state index is -0.586. The third-order valence-corrected chi connectivity index (χ3v) is 3.40. The maximum absolute atomic E-state index is 13.8. The molecule has 0 radical (unpaired) electrons. The fourth-order valence-corrected chi connectivity index (χ4v) is 2.32. The molecule has 2 unspecified atom stereocenters. The predicted octanol–water partition coefficient (Wildman–Crippen LogP) is 4.30. The van der Waals surface area contributed by atoms with Gasteiger partial charge >= 0.3 is 0 Å². The smallest absolute Gasteiger partial charge is 0.141 e. The van der Waals surface area contributed by atoms with Gasteiger partial charge < -0.3 is 5.32 Å². The summed E-state index contributed by atoms with van der Waals surface area (Å²) in [5, 5.41) is 3.14. The van der Waals surface area contributed by atoms with Crippen molar-refractivity contribution in [3.8, 4) is 0 Å². The van der Waals surface area contributed by atoms with Gasteiger partial charge in [-0.1, -0.05) is 13.0 Å². The van der Waals surface area contributed by atoms with Crippen molar-refractivity contribution >= 4 is 0 Å². The molecule has 5 heteroatoms. The summed E-state index contributed by atoms with van der Waals surface area (Å²) in [5.41, 5.74) is 0.639. The van der Waals surface area contributed by atoms with E-state index in [1.165, 1.54) is 24.3 Å². The molecule has 0 aliphatic rings. The number of nitrogens with zero attached hydrogens (tertiary/aromatic N) is 1. The number of rotatable bonds is 5. The van der Waals surface area contributed by atoms with E-state index >= 15 is 0 Å². The first-order valence-electron chi connectivity index (χ1n) is 6.84. The Hall–Kier alpha value is -1.88. The lowest BCUT2D eigenvalue weighted by molar-refractivity contribution is 0.419. The first-order valence-corrected chi connectivity index (χ1v) is 6.84. The van der Waals surface area contributed by atoms with Crippen LogP contribution in [0.15, 0.2) is 36.5 Å². The Morgan fingerprint density at radius 3 is 2.29 bits per heavy atom. The molecule has 0 aliphatic carbocycles. The minimum Gasteiger partial charge on any atom is -0.302 e. The van der Waals surface area contributed by atoms with Gasteiger partial charge in [-0.3, -0.25) is 4.98 Å². The van der Waals surface area contributed by atoms with Crippen LogP contribution in [0.25, 0.3) is 0 Å². The molecule has 0 saturated heterocycles. The average Bonchev–Trinajstić information content (AvgIpc) is 2.45. The van der Waals surface area contributed by atoms with E-state index in [2.05, 4.69) is 10.3 Å². The van der Waals surface area contributed by atoms with Crippen molar-refractivity contribution < 1.29 is 13.2 Å². The zero-order valence-corrected chi connectivity index (χ0v) is 11.9. The molecule has 0 saturated carbocycles. The predicted molar refractivity (Wildman–Crippen MR) is 75.1 cm³/mol. The molecule has 2 atom stereocenters. The highest BCUT2D eigenvalue weighted by Crippen LogP contribution is 2.24. The number of pyridine rings is 1. The van der Waals surface area contributed by atoms with Crippen LogP contribution >= 0.6 is 0 Å². The molecular weight excluding hydrogens is 277 g/mol. The van der Waals surface area contributed by atoms with Crippen LogP contribution in [0.3, 0.4) is 0 Å². The van der Waals surface area contributed by atoms with Gasteiger partial charge in [0, 0.05) is 17.6 Å². The SMILES string of the molecule is CCC(NC(C)c1c(F)cccc1F)c1ccc(F)cn1. The molecule has 0 aliphatic heterocycles. The Labute approximate surface area is 122 Å². The standard InChI is InChI=1S/C16H17F3N2/c1-3-14(15-8-7-11(17)9-20-15)21-10(2)16-12(18)5-4-6-13(16)19/h4-10,14,21H,3H2,1-2H3. The molecule has 1 N–H and O–H groups in total. The van der Waals surface area contributed by atoms with E-state index < -0.39 is 23.5 Å². The normalized spacial score (nSPS) is 14.0. The molecule has 1 aromatic heterocycles. The molecule has 0 amide bonds. The zero-order chi connectivity index (χ0) is 15.4. The lowest BCUT2D eigenvalue weighted by Gasteiger charge is -2.23. The van der Waals surface area contributed by atoms with Gasteiger partial charge in [0.2, 0.25) is 0 Å². The van der Waals surface area contributed by atoms with Gasteiger partial charge in [0.05, 0.1) is 11.9 Å². The molecule has 2 rings (SSSR count). The summed E-state index contributed by atoms with van der Waals surface area (Å²) in [4.78, 5) is 4.02. The van der Waals surface area contributed by atoms with Crippen molar-refractivity contribution in [2.24, 2.45) is 0 Å². The van der Waals surface area contributed by atoms with Crippen molar-refractivity contribution in [3.05, 3.63) is 65.2 Å². The molecule has 1 heterocycles.